The van der Waals surface area contributed by atoms with Gasteiger partial charge in [-0.15, -0.1) is 0 Å². The van der Waals surface area contributed by atoms with E-state index in [1.165, 1.54) is 0 Å². The Morgan fingerprint density at radius 1 is 1.38 bits per heavy atom. The number of benzene rings is 1. The van der Waals surface area contributed by atoms with Gasteiger partial charge in [0.2, 0.25) is 5.91 Å². The maximum absolute atomic E-state index is 12.3. The number of aliphatic carboxylic acids is 1. The molecule has 2 aromatic rings. The highest BCUT2D eigenvalue weighted by Gasteiger charge is 2.27. The lowest BCUT2D eigenvalue weighted by molar-refractivity contribution is -0.143. The molecule has 1 aromatic heterocycles. The van der Waals surface area contributed by atoms with Crippen molar-refractivity contribution in [1.29, 1.82) is 0 Å². The third-order valence-electron chi connectivity index (χ3n) is 4.36. The normalized spacial score (nSPS) is 16.9. The van der Waals surface area contributed by atoms with Crippen LogP contribution in [0.3, 0.4) is 0 Å². The zero-order valence-corrected chi connectivity index (χ0v) is 14.6. The smallest absolute Gasteiger partial charge is 0.326 e. The van der Waals surface area contributed by atoms with E-state index >= 15 is 0 Å². The van der Waals surface area contributed by atoms with Crippen LogP contribution >= 0.6 is 15.9 Å². The van der Waals surface area contributed by atoms with Crippen LogP contribution in [0.4, 0.5) is 0 Å². The number of hydrogen-bond acceptors (Lipinski definition) is 3. The zero-order chi connectivity index (χ0) is 17.1. The molecule has 1 aliphatic rings. The Labute approximate surface area is 147 Å². The molecule has 2 heterocycles. The number of ether oxygens (including phenoxy) is 1. The first-order chi connectivity index (χ1) is 11.5. The zero-order valence-electron chi connectivity index (χ0n) is 13.0. The number of halogens is 1. The number of fused-ring (bicyclic) bond motifs is 1. The predicted molar refractivity (Wildman–Crippen MR) is 92.8 cm³/mol. The summed E-state index contributed by atoms with van der Waals surface area (Å²) in [5, 5.41) is 13.1. The molecule has 0 bridgehead atoms. The minimum atomic E-state index is -1.03. The maximum atomic E-state index is 12.3. The van der Waals surface area contributed by atoms with Gasteiger partial charge in [0.15, 0.2) is 0 Å². The SMILES string of the molecule is O=C(NC(Cc1c[nH]c2ccc(Br)cc12)C(=O)O)C1CCOCC1. The molecule has 0 spiro atoms. The average Bonchev–Trinajstić information content (AvgIpc) is 2.97. The standard InChI is InChI=1S/C17H19BrN2O4/c18-12-1-2-14-13(8-12)11(9-19-14)7-15(17(22)23)20-16(21)10-3-5-24-6-4-10/h1-2,8-10,15,19H,3-7H2,(H,20,21)(H,22,23). The molecule has 1 amide bonds. The van der Waals surface area contributed by atoms with Crippen molar-refractivity contribution < 1.29 is 19.4 Å². The van der Waals surface area contributed by atoms with Crippen molar-refractivity contribution in [3.05, 3.63) is 34.4 Å². The van der Waals surface area contributed by atoms with E-state index in [-0.39, 0.29) is 18.2 Å². The fourth-order valence-electron chi connectivity index (χ4n) is 2.99. The summed E-state index contributed by atoms with van der Waals surface area (Å²) in [4.78, 5) is 27.0. The second kappa shape index (κ2) is 7.36. The summed E-state index contributed by atoms with van der Waals surface area (Å²) in [6.45, 7) is 1.10. The molecule has 6 nitrogen and oxygen atoms in total. The number of carbonyl (C=O) groups is 2. The summed E-state index contributed by atoms with van der Waals surface area (Å²) in [5.41, 5.74) is 1.80. The molecule has 128 valence electrons. The minimum absolute atomic E-state index is 0.169. The lowest BCUT2D eigenvalue weighted by Crippen LogP contribution is -2.45. The van der Waals surface area contributed by atoms with Crippen LogP contribution in [-0.4, -0.2) is 41.2 Å². The van der Waals surface area contributed by atoms with Crippen molar-refractivity contribution in [2.45, 2.75) is 25.3 Å². The summed E-state index contributed by atoms with van der Waals surface area (Å²) >= 11 is 3.43. The molecule has 1 aliphatic heterocycles. The minimum Gasteiger partial charge on any atom is -0.480 e. The molecule has 1 aromatic carbocycles. The average molecular weight is 395 g/mol. The van der Waals surface area contributed by atoms with E-state index in [1.54, 1.807) is 6.20 Å². The Morgan fingerprint density at radius 3 is 2.83 bits per heavy atom. The number of hydrogen-bond donors (Lipinski definition) is 3. The predicted octanol–water partition coefficient (Wildman–Crippen LogP) is 2.47. The number of amides is 1. The first-order valence-corrected chi connectivity index (χ1v) is 8.70. The molecule has 1 unspecified atom stereocenters. The Morgan fingerprint density at radius 2 is 2.12 bits per heavy atom. The van der Waals surface area contributed by atoms with Crippen molar-refractivity contribution in [3.8, 4) is 0 Å². The van der Waals surface area contributed by atoms with Crippen molar-refractivity contribution in [3.63, 3.8) is 0 Å². The highest BCUT2D eigenvalue weighted by Crippen LogP contribution is 2.24. The number of carboxylic acids is 1. The lowest BCUT2D eigenvalue weighted by Gasteiger charge is -2.23. The van der Waals surface area contributed by atoms with Gasteiger partial charge in [-0.05, 0) is 36.6 Å². The van der Waals surface area contributed by atoms with Gasteiger partial charge in [-0.25, -0.2) is 4.79 Å². The first-order valence-electron chi connectivity index (χ1n) is 7.91. The van der Waals surface area contributed by atoms with Gasteiger partial charge in [0, 0.05) is 47.1 Å². The highest BCUT2D eigenvalue weighted by molar-refractivity contribution is 9.10. The van der Waals surface area contributed by atoms with Gasteiger partial charge >= 0.3 is 5.97 Å². The molecule has 3 rings (SSSR count). The van der Waals surface area contributed by atoms with Gasteiger partial charge in [-0.1, -0.05) is 15.9 Å². The van der Waals surface area contributed by atoms with Crippen LogP contribution in [0.1, 0.15) is 18.4 Å². The summed E-state index contributed by atoms with van der Waals surface area (Å²) in [6, 6.07) is 4.85. The molecule has 7 heteroatoms. The topological polar surface area (TPSA) is 91.4 Å². The number of carbonyl (C=O) groups excluding carboxylic acids is 1. The first kappa shape index (κ1) is 17.0. The van der Waals surface area contributed by atoms with Crippen LogP contribution in [0.2, 0.25) is 0 Å². The van der Waals surface area contributed by atoms with Gasteiger partial charge in [0.05, 0.1) is 0 Å². The van der Waals surface area contributed by atoms with Crippen molar-refractivity contribution in [1.82, 2.24) is 10.3 Å². The number of aromatic amines is 1. The number of rotatable bonds is 5. The Balaban J connectivity index is 1.74. The quantitative estimate of drug-likeness (QED) is 0.726. The fourth-order valence-corrected chi connectivity index (χ4v) is 3.35. The van der Waals surface area contributed by atoms with Crippen molar-refractivity contribution in [2.75, 3.05) is 13.2 Å². The molecule has 1 atom stereocenters. The van der Waals surface area contributed by atoms with Gasteiger partial charge in [0.25, 0.3) is 0 Å². The maximum Gasteiger partial charge on any atom is 0.326 e. The Bertz CT molecular complexity index is 752. The van der Waals surface area contributed by atoms with Gasteiger partial charge in [-0.3, -0.25) is 4.79 Å². The van der Waals surface area contributed by atoms with Crippen molar-refractivity contribution in [2.24, 2.45) is 5.92 Å². The van der Waals surface area contributed by atoms with E-state index in [2.05, 4.69) is 26.2 Å². The van der Waals surface area contributed by atoms with Crippen LogP contribution in [-0.2, 0) is 20.7 Å². The molecule has 0 saturated carbocycles. The van der Waals surface area contributed by atoms with Crippen LogP contribution in [0.15, 0.2) is 28.9 Å². The summed E-state index contributed by atoms with van der Waals surface area (Å²) in [7, 11) is 0. The molecular weight excluding hydrogens is 376 g/mol. The number of H-pyrrole nitrogens is 1. The third kappa shape index (κ3) is 3.79. The summed E-state index contributed by atoms with van der Waals surface area (Å²) in [5.74, 6) is -1.40. The summed E-state index contributed by atoms with van der Waals surface area (Å²) in [6.07, 6.45) is 3.31. The molecule has 1 saturated heterocycles. The van der Waals surface area contributed by atoms with Crippen LogP contribution < -0.4 is 5.32 Å². The fraction of sp³-hybridized carbons (Fsp3) is 0.412. The molecular formula is C17H19BrN2O4. The van der Waals surface area contributed by atoms with E-state index in [0.29, 0.717) is 26.1 Å². The second-order valence-corrected chi connectivity index (χ2v) is 6.91. The Kier molecular flexibility index (Phi) is 5.20. The van der Waals surface area contributed by atoms with E-state index in [4.69, 9.17) is 4.74 Å². The van der Waals surface area contributed by atoms with Gasteiger partial charge in [-0.2, -0.15) is 0 Å². The molecule has 0 radical (unpaired) electrons. The largest absolute Gasteiger partial charge is 0.480 e. The van der Waals surface area contributed by atoms with Gasteiger partial charge < -0.3 is 20.1 Å². The van der Waals surface area contributed by atoms with E-state index in [0.717, 1.165) is 20.9 Å². The number of nitrogens with one attached hydrogen (secondary N) is 2. The van der Waals surface area contributed by atoms with Crippen LogP contribution in [0.25, 0.3) is 10.9 Å². The Hall–Kier alpha value is -1.86. The summed E-state index contributed by atoms with van der Waals surface area (Å²) < 4.78 is 6.17. The second-order valence-electron chi connectivity index (χ2n) is 5.99. The molecule has 0 aliphatic carbocycles. The van der Waals surface area contributed by atoms with Crippen LogP contribution in [0, 0.1) is 5.92 Å². The lowest BCUT2D eigenvalue weighted by atomic mass is 9.98. The van der Waals surface area contributed by atoms with Crippen molar-refractivity contribution >= 4 is 38.7 Å². The van der Waals surface area contributed by atoms with E-state index in [9.17, 15) is 14.7 Å². The molecule has 24 heavy (non-hydrogen) atoms. The van der Waals surface area contributed by atoms with Gasteiger partial charge in [0.1, 0.15) is 6.04 Å². The number of carboxylic acid groups (broad SMARTS) is 1. The number of aromatic nitrogens is 1. The molecule has 1 fully saturated rings. The highest BCUT2D eigenvalue weighted by atomic mass is 79.9. The van der Waals surface area contributed by atoms with E-state index < -0.39 is 12.0 Å². The van der Waals surface area contributed by atoms with E-state index in [1.807, 2.05) is 18.2 Å². The monoisotopic (exact) mass is 394 g/mol. The van der Waals surface area contributed by atoms with Crippen LogP contribution in [0.5, 0.6) is 0 Å². The third-order valence-corrected chi connectivity index (χ3v) is 4.85. The molecule has 3 N–H and O–H groups in total.